The molecule has 0 aromatic heterocycles. The summed E-state index contributed by atoms with van der Waals surface area (Å²) >= 11 is 0. The van der Waals surface area contributed by atoms with Gasteiger partial charge in [0.1, 0.15) is 5.75 Å². The zero-order valence-corrected chi connectivity index (χ0v) is 15.9. The Labute approximate surface area is 160 Å². The molecule has 27 heavy (non-hydrogen) atoms. The van der Waals surface area contributed by atoms with Crippen molar-refractivity contribution in [3.05, 3.63) is 59.7 Å². The Morgan fingerprint density at radius 3 is 2.41 bits per heavy atom. The molecule has 1 aliphatic heterocycles. The Morgan fingerprint density at radius 2 is 1.85 bits per heavy atom. The van der Waals surface area contributed by atoms with Crippen molar-refractivity contribution in [2.75, 3.05) is 18.6 Å². The van der Waals surface area contributed by atoms with Gasteiger partial charge in [-0.15, -0.1) is 0 Å². The van der Waals surface area contributed by atoms with Crippen LogP contribution in [0.1, 0.15) is 43.4 Å². The van der Waals surface area contributed by atoms with E-state index in [2.05, 4.69) is 12.2 Å². The number of carbonyl (C=O) groups is 2. The fraction of sp³-hybridized carbons (Fsp3) is 0.364. The first-order valence-electron chi connectivity index (χ1n) is 9.43. The van der Waals surface area contributed by atoms with Gasteiger partial charge in [0.15, 0.2) is 0 Å². The monoisotopic (exact) mass is 366 g/mol. The van der Waals surface area contributed by atoms with Crippen molar-refractivity contribution in [2.24, 2.45) is 0 Å². The third kappa shape index (κ3) is 4.67. The van der Waals surface area contributed by atoms with Gasteiger partial charge >= 0.3 is 0 Å². The number of methoxy groups -OCH3 is 1. The molecule has 1 heterocycles. The highest BCUT2D eigenvalue weighted by Crippen LogP contribution is 2.23. The molecule has 0 unspecified atom stereocenters. The van der Waals surface area contributed by atoms with Crippen molar-refractivity contribution < 1.29 is 14.3 Å². The summed E-state index contributed by atoms with van der Waals surface area (Å²) in [5.74, 6) is 0.963. The molecule has 0 spiro atoms. The van der Waals surface area contributed by atoms with Crippen molar-refractivity contribution in [1.29, 1.82) is 0 Å². The zero-order chi connectivity index (χ0) is 19.2. The van der Waals surface area contributed by atoms with Gasteiger partial charge in [0.25, 0.3) is 0 Å². The lowest BCUT2D eigenvalue weighted by Crippen LogP contribution is -2.29. The first kappa shape index (κ1) is 19.0. The summed E-state index contributed by atoms with van der Waals surface area (Å²) in [6.07, 6.45) is 2.66. The number of anilines is 1. The summed E-state index contributed by atoms with van der Waals surface area (Å²) < 4.78 is 5.18. The van der Waals surface area contributed by atoms with Crippen LogP contribution in [-0.2, 0) is 16.0 Å². The molecule has 1 fully saturated rings. The molecule has 3 rings (SSSR count). The zero-order valence-electron chi connectivity index (χ0n) is 15.9. The minimum atomic E-state index is -0.0232. The topological polar surface area (TPSA) is 58.6 Å². The number of benzene rings is 2. The molecule has 1 saturated heterocycles. The number of rotatable bonds is 7. The summed E-state index contributed by atoms with van der Waals surface area (Å²) in [7, 11) is 1.64. The van der Waals surface area contributed by atoms with Crippen LogP contribution in [-0.4, -0.2) is 25.5 Å². The largest absolute Gasteiger partial charge is 0.497 e. The second kappa shape index (κ2) is 8.71. The van der Waals surface area contributed by atoms with Crippen molar-refractivity contribution in [1.82, 2.24) is 5.32 Å². The minimum absolute atomic E-state index is 0.0114. The van der Waals surface area contributed by atoms with Crippen molar-refractivity contribution in [3.63, 3.8) is 0 Å². The second-order valence-electron chi connectivity index (χ2n) is 6.79. The van der Waals surface area contributed by atoms with Crippen LogP contribution in [0.25, 0.3) is 0 Å². The fourth-order valence-electron chi connectivity index (χ4n) is 3.40. The molecule has 0 radical (unpaired) electrons. The Balaban J connectivity index is 1.59. The highest BCUT2D eigenvalue weighted by atomic mass is 16.5. The second-order valence-corrected chi connectivity index (χ2v) is 6.79. The third-order valence-corrected chi connectivity index (χ3v) is 4.95. The van der Waals surface area contributed by atoms with E-state index in [0.717, 1.165) is 42.0 Å². The molecule has 2 aromatic carbocycles. The van der Waals surface area contributed by atoms with E-state index in [0.29, 0.717) is 12.8 Å². The van der Waals surface area contributed by atoms with Gasteiger partial charge in [0.05, 0.1) is 19.6 Å². The molecule has 1 N–H and O–H groups in total. The van der Waals surface area contributed by atoms with E-state index in [1.165, 1.54) is 0 Å². The maximum atomic E-state index is 12.5. The molecule has 1 atom stereocenters. The predicted octanol–water partition coefficient (Wildman–Crippen LogP) is 3.63. The van der Waals surface area contributed by atoms with Gasteiger partial charge in [-0.1, -0.05) is 31.2 Å². The molecule has 2 amide bonds. The first-order valence-corrected chi connectivity index (χ1v) is 9.43. The van der Waals surface area contributed by atoms with Gasteiger partial charge in [0, 0.05) is 18.7 Å². The Morgan fingerprint density at radius 1 is 1.15 bits per heavy atom. The fourth-order valence-corrected chi connectivity index (χ4v) is 3.40. The van der Waals surface area contributed by atoms with E-state index < -0.39 is 0 Å². The minimum Gasteiger partial charge on any atom is -0.497 e. The van der Waals surface area contributed by atoms with E-state index in [1.807, 2.05) is 48.5 Å². The molecule has 0 aliphatic carbocycles. The number of hydrogen-bond acceptors (Lipinski definition) is 3. The average Bonchev–Trinajstić information content (AvgIpc) is 3.13. The third-order valence-electron chi connectivity index (χ3n) is 4.95. The first-order chi connectivity index (χ1) is 13.1. The van der Waals surface area contributed by atoms with Gasteiger partial charge in [-0.25, -0.2) is 0 Å². The smallest absolute Gasteiger partial charge is 0.227 e. The quantitative estimate of drug-likeness (QED) is 0.814. The van der Waals surface area contributed by atoms with Crippen LogP contribution in [0.3, 0.4) is 0 Å². The van der Waals surface area contributed by atoms with Gasteiger partial charge < -0.3 is 15.0 Å². The Hall–Kier alpha value is -2.82. The van der Waals surface area contributed by atoms with Crippen molar-refractivity contribution >= 4 is 17.5 Å². The lowest BCUT2D eigenvalue weighted by atomic mass is 10.0. The number of hydrogen-bond donors (Lipinski definition) is 1. The van der Waals surface area contributed by atoms with Gasteiger partial charge in [-0.05, 0) is 48.2 Å². The molecule has 0 saturated carbocycles. The van der Waals surface area contributed by atoms with E-state index in [9.17, 15) is 9.59 Å². The van der Waals surface area contributed by atoms with Crippen LogP contribution in [0.5, 0.6) is 5.75 Å². The highest BCUT2D eigenvalue weighted by Gasteiger charge is 2.21. The molecule has 0 bridgehead atoms. The molecule has 142 valence electrons. The number of nitrogens with zero attached hydrogens (tertiary/aromatic N) is 1. The summed E-state index contributed by atoms with van der Waals surface area (Å²) in [5, 5.41) is 3.10. The van der Waals surface area contributed by atoms with Crippen LogP contribution >= 0.6 is 0 Å². The number of carbonyl (C=O) groups excluding carboxylic acids is 2. The SMILES string of the molecule is CC[C@H](NC(=O)Cc1ccc(N2CCCC2=O)cc1)c1ccc(OC)cc1. The van der Waals surface area contributed by atoms with Crippen LogP contribution < -0.4 is 15.0 Å². The van der Waals surface area contributed by atoms with Crippen LogP contribution in [0.4, 0.5) is 5.69 Å². The summed E-state index contributed by atoms with van der Waals surface area (Å²) in [6.45, 7) is 2.83. The van der Waals surface area contributed by atoms with Gasteiger partial charge in [-0.2, -0.15) is 0 Å². The highest BCUT2D eigenvalue weighted by molar-refractivity contribution is 5.95. The maximum absolute atomic E-state index is 12.5. The lowest BCUT2D eigenvalue weighted by molar-refractivity contribution is -0.121. The average molecular weight is 366 g/mol. The summed E-state index contributed by atoms with van der Waals surface area (Å²) in [4.78, 5) is 26.1. The summed E-state index contributed by atoms with van der Waals surface area (Å²) in [6, 6.07) is 15.4. The number of amides is 2. The van der Waals surface area contributed by atoms with E-state index in [-0.39, 0.29) is 17.9 Å². The summed E-state index contributed by atoms with van der Waals surface area (Å²) in [5.41, 5.74) is 2.91. The molecule has 2 aromatic rings. The Bertz CT molecular complexity index is 784. The standard InChI is InChI=1S/C22H26N2O3/c1-3-20(17-8-12-19(27-2)13-9-17)23-21(25)15-16-6-10-18(11-7-16)24-14-4-5-22(24)26/h6-13,20H,3-5,14-15H2,1-2H3,(H,23,25)/t20-/m0/s1. The van der Waals surface area contributed by atoms with Crippen LogP contribution in [0, 0.1) is 0 Å². The van der Waals surface area contributed by atoms with Crippen LogP contribution in [0.15, 0.2) is 48.5 Å². The number of nitrogens with one attached hydrogen (secondary N) is 1. The molecule has 5 heteroatoms. The van der Waals surface area contributed by atoms with Crippen molar-refractivity contribution in [2.45, 2.75) is 38.6 Å². The van der Waals surface area contributed by atoms with Gasteiger partial charge in [-0.3, -0.25) is 9.59 Å². The van der Waals surface area contributed by atoms with Crippen LogP contribution in [0.2, 0.25) is 0 Å². The molecule has 5 nitrogen and oxygen atoms in total. The lowest BCUT2D eigenvalue weighted by Gasteiger charge is -2.18. The predicted molar refractivity (Wildman–Crippen MR) is 106 cm³/mol. The van der Waals surface area contributed by atoms with E-state index in [1.54, 1.807) is 12.0 Å². The van der Waals surface area contributed by atoms with Gasteiger partial charge in [0.2, 0.25) is 11.8 Å². The van der Waals surface area contributed by atoms with E-state index >= 15 is 0 Å². The van der Waals surface area contributed by atoms with Crippen molar-refractivity contribution in [3.8, 4) is 5.75 Å². The molecular weight excluding hydrogens is 340 g/mol. The number of ether oxygens (including phenoxy) is 1. The maximum Gasteiger partial charge on any atom is 0.227 e. The molecule has 1 aliphatic rings. The Kier molecular flexibility index (Phi) is 6.12. The molecular formula is C22H26N2O3. The normalized spacial score (nSPS) is 14.9. The van der Waals surface area contributed by atoms with E-state index in [4.69, 9.17) is 4.74 Å².